The number of benzene rings is 2. The van der Waals surface area contributed by atoms with Gasteiger partial charge in [0.15, 0.2) is 5.13 Å². The van der Waals surface area contributed by atoms with Crippen LogP contribution in [0.4, 0.5) is 5.13 Å². The van der Waals surface area contributed by atoms with Gasteiger partial charge in [0.1, 0.15) is 11.3 Å². The molecule has 2 heterocycles. The van der Waals surface area contributed by atoms with Gasteiger partial charge in [-0.05, 0) is 30.3 Å². The number of carbonyl (C=O) groups excluding carboxylic acids is 1. The Morgan fingerprint density at radius 3 is 2.88 bits per heavy atom. The number of anilines is 1. The largest absolute Gasteiger partial charge is 0.497 e. The Morgan fingerprint density at radius 1 is 1.23 bits per heavy atom. The van der Waals surface area contributed by atoms with Gasteiger partial charge in [0, 0.05) is 22.0 Å². The topological polar surface area (TPSA) is 81.4 Å². The van der Waals surface area contributed by atoms with E-state index in [4.69, 9.17) is 9.15 Å². The van der Waals surface area contributed by atoms with Gasteiger partial charge in [-0.2, -0.15) is 0 Å². The van der Waals surface area contributed by atoms with E-state index in [1.54, 1.807) is 18.2 Å². The zero-order valence-electron chi connectivity index (χ0n) is 13.4. The molecule has 26 heavy (non-hydrogen) atoms. The van der Waals surface area contributed by atoms with Crippen LogP contribution in [0.25, 0.3) is 21.2 Å². The molecule has 0 aliphatic carbocycles. The Kier molecular flexibility index (Phi) is 4.21. The molecule has 0 unspecified atom stereocenters. The number of fused-ring (bicyclic) bond motifs is 2. The summed E-state index contributed by atoms with van der Waals surface area (Å²) in [7, 11) is 1.52. The molecule has 0 saturated heterocycles. The summed E-state index contributed by atoms with van der Waals surface area (Å²) in [5.41, 5.74) is 0.689. The molecule has 2 aromatic heterocycles. The van der Waals surface area contributed by atoms with Crippen molar-refractivity contribution in [3.05, 3.63) is 62.9 Å². The SMILES string of the molecule is COc1ccc2c(C(=O)Nc3nc4ccc(Br)cc4s3)cc(=O)oc2c1. The third-order valence-electron chi connectivity index (χ3n) is 3.77. The number of hydrogen-bond acceptors (Lipinski definition) is 6. The lowest BCUT2D eigenvalue weighted by molar-refractivity contribution is 0.102. The summed E-state index contributed by atoms with van der Waals surface area (Å²) in [5, 5.41) is 3.73. The van der Waals surface area contributed by atoms with Crippen molar-refractivity contribution in [2.24, 2.45) is 0 Å². The normalized spacial score (nSPS) is 11.0. The summed E-state index contributed by atoms with van der Waals surface area (Å²) in [6.45, 7) is 0. The molecule has 0 aliphatic rings. The van der Waals surface area contributed by atoms with Gasteiger partial charge in [-0.25, -0.2) is 9.78 Å². The maximum Gasteiger partial charge on any atom is 0.337 e. The highest BCUT2D eigenvalue weighted by molar-refractivity contribution is 9.10. The molecule has 0 bridgehead atoms. The van der Waals surface area contributed by atoms with Crippen LogP contribution in [0.2, 0.25) is 0 Å². The van der Waals surface area contributed by atoms with E-state index >= 15 is 0 Å². The quantitative estimate of drug-likeness (QED) is 0.486. The Morgan fingerprint density at radius 2 is 2.08 bits per heavy atom. The van der Waals surface area contributed by atoms with E-state index in [0.717, 1.165) is 14.7 Å². The number of nitrogens with zero attached hydrogens (tertiary/aromatic N) is 1. The monoisotopic (exact) mass is 430 g/mol. The van der Waals surface area contributed by atoms with E-state index in [1.165, 1.54) is 24.5 Å². The van der Waals surface area contributed by atoms with Crippen molar-refractivity contribution in [2.45, 2.75) is 0 Å². The minimum atomic E-state index is -0.607. The van der Waals surface area contributed by atoms with E-state index in [2.05, 4.69) is 26.2 Å². The molecule has 8 heteroatoms. The van der Waals surface area contributed by atoms with Gasteiger partial charge in [-0.3, -0.25) is 10.1 Å². The van der Waals surface area contributed by atoms with Crippen LogP contribution in [0.3, 0.4) is 0 Å². The fraction of sp³-hybridized carbons (Fsp3) is 0.0556. The molecular weight excluding hydrogens is 420 g/mol. The van der Waals surface area contributed by atoms with E-state index in [-0.39, 0.29) is 11.1 Å². The Bertz CT molecular complexity index is 1210. The number of amides is 1. The Labute approximate surface area is 159 Å². The highest BCUT2D eigenvalue weighted by atomic mass is 79.9. The first-order valence-corrected chi connectivity index (χ1v) is 9.14. The summed E-state index contributed by atoms with van der Waals surface area (Å²) in [6, 6.07) is 11.8. The molecule has 0 atom stereocenters. The maximum absolute atomic E-state index is 12.7. The van der Waals surface area contributed by atoms with Crippen molar-refractivity contribution in [2.75, 3.05) is 12.4 Å². The molecule has 0 fully saturated rings. The number of nitrogens with one attached hydrogen (secondary N) is 1. The summed E-state index contributed by atoms with van der Waals surface area (Å²) in [6.07, 6.45) is 0. The molecule has 0 radical (unpaired) electrons. The van der Waals surface area contributed by atoms with E-state index in [9.17, 15) is 9.59 Å². The Balaban J connectivity index is 1.74. The molecule has 4 aromatic rings. The molecular formula is C18H11BrN2O4S. The number of aromatic nitrogens is 1. The van der Waals surface area contributed by atoms with Crippen LogP contribution in [0.5, 0.6) is 5.75 Å². The number of ether oxygens (including phenoxy) is 1. The van der Waals surface area contributed by atoms with Crippen molar-refractivity contribution in [1.29, 1.82) is 0 Å². The molecule has 6 nitrogen and oxygen atoms in total. The zero-order valence-corrected chi connectivity index (χ0v) is 15.8. The summed E-state index contributed by atoms with van der Waals surface area (Å²) < 4.78 is 12.2. The molecule has 0 spiro atoms. The minimum absolute atomic E-state index is 0.222. The second-order valence-electron chi connectivity index (χ2n) is 5.43. The standard InChI is InChI=1S/C18H11BrN2O4S/c1-24-10-3-4-11-12(8-16(22)25-14(11)7-10)17(23)21-18-20-13-5-2-9(19)6-15(13)26-18/h2-8H,1H3,(H,20,21,23). The van der Waals surface area contributed by atoms with Crippen LogP contribution in [0.15, 0.2) is 56.1 Å². The van der Waals surface area contributed by atoms with Gasteiger partial charge in [-0.15, -0.1) is 0 Å². The van der Waals surface area contributed by atoms with Crippen molar-refractivity contribution in [1.82, 2.24) is 4.98 Å². The lowest BCUT2D eigenvalue weighted by Gasteiger charge is -2.06. The number of halogens is 1. The summed E-state index contributed by atoms with van der Waals surface area (Å²) >= 11 is 4.77. The van der Waals surface area contributed by atoms with Crippen LogP contribution in [0, 0.1) is 0 Å². The third kappa shape index (κ3) is 3.09. The van der Waals surface area contributed by atoms with Crippen molar-refractivity contribution in [3.8, 4) is 5.75 Å². The average Bonchev–Trinajstić information content (AvgIpc) is 3.01. The second kappa shape index (κ2) is 6.54. The number of carbonyl (C=O) groups is 1. The van der Waals surface area contributed by atoms with Crippen LogP contribution in [-0.4, -0.2) is 18.0 Å². The van der Waals surface area contributed by atoms with E-state index < -0.39 is 11.5 Å². The van der Waals surface area contributed by atoms with Gasteiger partial charge >= 0.3 is 5.63 Å². The number of thiazole rings is 1. The van der Waals surface area contributed by atoms with E-state index in [1.807, 2.05) is 18.2 Å². The second-order valence-corrected chi connectivity index (χ2v) is 7.37. The van der Waals surface area contributed by atoms with E-state index in [0.29, 0.717) is 16.3 Å². The smallest absolute Gasteiger partial charge is 0.337 e. The van der Waals surface area contributed by atoms with Crippen LogP contribution in [-0.2, 0) is 0 Å². The first-order valence-electron chi connectivity index (χ1n) is 7.53. The molecule has 4 rings (SSSR count). The Hall–Kier alpha value is -2.71. The van der Waals surface area contributed by atoms with Crippen molar-refractivity contribution in [3.63, 3.8) is 0 Å². The lowest BCUT2D eigenvalue weighted by atomic mass is 10.1. The molecule has 1 amide bonds. The fourth-order valence-corrected chi connectivity index (χ4v) is 3.99. The highest BCUT2D eigenvalue weighted by Crippen LogP contribution is 2.29. The van der Waals surface area contributed by atoms with Crippen LogP contribution >= 0.6 is 27.3 Å². The molecule has 130 valence electrons. The minimum Gasteiger partial charge on any atom is -0.497 e. The van der Waals surface area contributed by atoms with Crippen LogP contribution in [0.1, 0.15) is 10.4 Å². The van der Waals surface area contributed by atoms with Crippen molar-refractivity contribution < 1.29 is 13.9 Å². The average molecular weight is 431 g/mol. The number of methoxy groups -OCH3 is 1. The first kappa shape index (κ1) is 16.7. The summed E-state index contributed by atoms with van der Waals surface area (Å²) in [5.74, 6) is 0.112. The first-order chi connectivity index (χ1) is 12.5. The molecule has 1 N–H and O–H groups in total. The predicted molar refractivity (Wildman–Crippen MR) is 104 cm³/mol. The van der Waals surface area contributed by atoms with Gasteiger partial charge in [0.05, 0.1) is 22.9 Å². The fourth-order valence-electron chi connectivity index (χ4n) is 2.57. The molecule has 0 aliphatic heterocycles. The summed E-state index contributed by atoms with van der Waals surface area (Å²) in [4.78, 5) is 28.9. The number of rotatable bonds is 3. The highest BCUT2D eigenvalue weighted by Gasteiger charge is 2.16. The van der Waals surface area contributed by atoms with Gasteiger partial charge in [0.25, 0.3) is 5.91 Å². The predicted octanol–water partition coefficient (Wildman–Crippen LogP) is 4.43. The van der Waals surface area contributed by atoms with Gasteiger partial charge in [0.2, 0.25) is 0 Å². The zero-order chi connectivity index (χ0) is 18.3. The van der Waals surface area contributed by atoms with Gasteiger partial charge < -0.3 is 9.15 Å². The molecule has 0 saturated carbocycles. The maximum atomic E-state index is 12.7. The third-order valence-corrected chi connectivity index (χ3v) is 5.19. The number of hydrogen-bond donors (Lipinski definition) is 1. The molecule has 2 aromatic carbocycles. The van der Waals surface area contributed by atoms with Crippen molar-refractivity contribution >= 4 is 59.5 Å². The lowest BCUT2D eigenvalue weighted by Crippen LogP contribution is -2.15. The van der Waals surface area contributed by atoms with Gasteiger partial charge in [-0.1, -0.05) is 27.3 Å². The van der Waals surface area contributed by atoms with Crippen LogP contribution < -0.4 is 15.7 Å².